The third kappa shape index (κ3) is 8.06. The lowest BCUT2D eigenvalue weighted by molar-refractivity contribution is 0.0138. The molecule has 1 N–H and O–H groups in total. The van der Waals surface area contributed by atoms with Gasteiger partial charge >= 0.3 is 6.09 Å². The molecular formula is C27H35BrN4O7. The summed E-state index contributed by atoms with van der Waals surface area (Å²) in [4.78, 5) is 47.3. The van der Waals surface area contributed by atoms with Crippen molar-refractivity contribution >= 4 is 33.7 Å². The molecule has 0 bridgehead atoms. The minimum absolute atomic E-state index is 0.174. The number of halogens is 1. The SMILES string of the molecule is COc1ccc(C(=O)NC(CN2CCN(C(=O)OC(C)(C)C)CC2)C(=O)c2ccc(OC)c(Br)n2)cc1OC. The summed E-state index contributed by atoms with van der Waals surface area (Å²) < 4.78 is 21.6. The summed E-state index contributed by atoms with van der Waals surface area (Å²) in [6, 6.07) is 7.06. The number of ether oxygens (including phenoxy) is 4. The second-order valence-corrected chi connectivity index (χ2v) is 10.7. The van der Waals surface area contributed by atoms with Crippen LogP contribution in [0.25, 0.3) is 0 Å². The zero-order valence-corrected chi connectivity index (χ0v) is 24.7. The molecular weight excluding hydrogens is 572 g/mol. The van der Waals surface area contributed by atoms with Gasteiger partial charge in [0, 0.05) is 38.3 Å². The summed E-state index contributed by atoms with van der Waals surface area (Å²) in [6.45, 7) is 7.59. The average Bonchev–Trinajstić information content (AvgIpc) is 2.91. The van der Waals surface area contributed by atoms with Gasteiger partial charge in [0.05, 0.1) is 21.3 Å². The van der Waals surface area contributed by atoms with Crippen LogP contribution in [-0.2, 0) is 4.74 Å². The van der Waals surface area contributed by atoms with Gasteiger partial charge in [0.15, 0.2) is 17.2 Å². The lowest BCUT2D eigenvalue weighted by Crippen LogP contribution is -2.55. The smallest absolute Gasteiger partial charge is 0.410 e. The lowest BCUT2D eigenvalue weighted by Gasteiger charge is -2.36. The predicted octanol–water partition coefficient (Wildman–Crippen LogP) is 3.40. The van der Waals surface area contributed by atoms with Gasteiger partial charge in [-0.05, 0) is 67.0 Å². The quantitative estimate of drug-likeness (QED) is 0.338. The first-order valence-corrected chi connectivity index (χ1v) is 13.2. The number of hydrogen-bond acceptors (Lipinski definition) is 9. The summed E-state index contributed by atoms with van der Waals surface area (Å²) in [5.74, 6) is 0.551. The third-order valence-corrected chi connectivity index (χ3v) is 6.59. The zero-order chi connectivity index (χ0) is 28.7. The zero-order valence-electron chi connectivity index (χ0n) is 23.1. The molecule has 1 atom stereocenters. The van der Waals surface area contributed by atoms with Gasteiger partial charge in [0.1, 0.15) is 21.9 Å². The molecule has 3 rings (SSSR count). The van der Waals surface area contributed by atoms with Gasteiger partial charge in [0.25, 0.3) is 5.91 Å². The lowest BCUT2D eigenvalue weighted by atomic mass is 10.1. The van der Waals surface area contributed by atoms with E-state index in [-0.39, 0.29) is 24.1 Å². The molecule has 1 aliphatic rings. The van der Waals surface area contributed by atoms with E-state index in [0.29, 0.717) is 53.6 Å². The molecule has 1 unspecified atom stereocenters. The summed E-state index contributed by atoms with van der Waals surface area (Å²) in [5.41, 5.74) is -0.100. The van der Waals surface area contributed by atoms with E-state index in [4.69, 9.17) is 18.9 Å². The van der Waals surface area contributed by atoms with E-state index >= 15 is 0 Å². The van der Waals surface area contributed by atoms with Crippen molar-refractivity contribution in [3.8, 4) is 17.2 Å². The van der Waals surface area contributed by atoms with Crippen molar-refractivity contribution in [1.29, 1.82) is 0 Å². The van der Waals surface area contributed by atoms with E-state index in [2.05, 4.69) is 26.2 Å². The van der Waals surface area contributed by atoms with E-state index < -0.39 is 17.6 Å². The highest BCUT2D eigenvalue weighted by molar-refractivity contribution is 9.10. The second-order valence-electron chi connectivity index (χ2n) is 9.92. The number of methoxy groups -OCH3 is 3. The number of amides is 2. The molecule has 1 aliphatic heterocycles. The van der Waals surface area contributed by atoms with Gasteiger partial charge < -0.3 is 29.2 Å². The number of carbonyl (C=O) groups is 3. The molecule has 11 nitrogen and oxygen atoms in total. The molecule has 1 aromatic carbocycles. The summed E-state index contributed by atoms with van der Waals surface area (Å²) in [7, 11) is 4.50. The van der Waals surface area contributed by atoms with Crippen LogP contribution >= 0.6 is 15.9 Å². The number of rotatable bonds is 9. The van der Waals surface area contributed by atoms with Crippen molar-refractivity contribution in [2.75, 3.05) is 54.1 Å². The monoisotopic (exact) mass is 606 g/mol. The summed E-state index contributed by atoms with van der Waals surface area (Å²) >= 11 is 3.32. The Morgan fingerprint density at radius 3 is 2.13 bits per heavy atom. The van der Waals surface area contributed by atoms with Gasteiger partial charge in [-0.1, -0.05) is 0 Å². The van der Waals surface area contributed by atoms with Gasteiger partial charge in [-0.3, -0.25) is 14.5 Å². The molecule has 2 heterocycles. The molecule has 1 fully saturated rings. The number of ketones is 1. The molecule has 1 aromatic heterocycles. The first kappa shape index (κ1) is 30.2. The Labute approximate surface area is 236 Å². The third-order valence-electron chi connectivity index (χ3n) is 6.02. The van der Waals surface area contributed by atoms with Crippen LogP contribution in [0.15, 0.2) is 34.9 Å². The van der Waals surface area contributed by atoms with E-state index in [1.54, 1.807) is 35.2 Å². The van der Waals surface area contributed by atoms with Crippen LogP contribution in [0, 0.1) is 0 Å². The fourth-order valence-electron chi connectivity index (χ4n) is 4.00. The highest BCUT2D eigenvalue weighted by Crippen LogP contribution is 2.28. The number of aromatic nitrogens is 1. The summed E-state index contributed by atoms with van der Waals surface area (Å²) in [5, 5.41) is 2.86. The Balaban J connectivity index is 1.78. The number of Topliss-reactive ketones (excluding diaryl/α,β-unsaturated/α-hetero) is 1. The maximum absolute atomic E-state index is 13.6. The largest absolute Gasteiger partial charge is 0.494 e. The molecule has 2 aromatic rings. The Bertz CT molecular complexity index is 1190. The predicted molar refractivity (Wildman–Crippen MR) is 148 cm³/mol. The number of nitrogens with zero attached hydrogens (tertiary/aromatic N) is 3. The molecule has 2 amide bonds. The topological polar surface area (TPSA) is 120 Å². The number of carbonyl (C=O) groups excluding carboxylic acids is 3. The average molecular weight is 608 g/mol. The van der Waals surface area contributed by atoms with E-state index in [0.717, 1.165) is 0 Å². The number of pyridine rings is 1. The van der Waals surface area contributed by atoms with E-state index in [1.165, 1.54) is 21.3 Å². The molecule has 212 valence electrons. The van der Waals surface area contributed by atoms with Crippen molar-refractivity contribution in [2.24, 2.45) is 0 Å². The molecule has 39 heavy (non-hydrogen) atoms. The minimum atomic E-state index is -0.911. The molecule has 1 saturated heterocycles. The van der Waals surface area contributed by atoms with Crippen LogP contribution < -0.4 is 19.5 Å². The fraction of sp³-hybridized carbons (Fsp3) is 0.481. The number of nitrogens with one attached hydrogen (secondary N) is 1. The second kappa shape index (κ2) is 13.1. The van der Waals surface area contributed by atoms with Crippen LogP contribution in [-0.4, -0.2) is 98.3 Å². The Morgan fingerprint density at radius 1 is 0.949 bits per heavy atom. The van der Waals surface area contributed by atoms with Crippen LogP contribution in [0.4, 0.5) is 4.79 Å². The van der Waals surface area contributed by atoms with Gasteiger partial charge in [-0.25, -0.2) is 9.78 Å². The van der Waals surface area contributed by atoms with Crippen molar-refractivity contribution in [3.05, 3.63) is 46.2 Å². The van der Waals surface area contributed by atoms with Crippen molar-refractivity contribution in [2.45, 2.75) is 32.4 Å². The van der Waals surface area contributed by atoms with Gasteiger partial charge in [-0.15, -0.1) is 0 Å². The molecule has 0 saturated carbocycles. The Hall–Kier alpha value is -3.38. The van der Waals surface area contributed by atoms with Crippen LogP contribution in [0.3, 0.4) is 0 Å². The highest BCUT2D eigenvalue weighted by Gasteiger charge is 2.31. The van der Waals surface area contributed by atoms with Gasteiger partial charge in [0.2, 0.25) is 5.78 Å². The normalized spacial score (nSPS) is 14.8. The fourth-order valence-corrected chi connectivity index (χ4v) is 4.49. The first-order valence-electron chi connectivity index (χ1n) is 12.4. The van der Waals surface area contributed by atoms with Gasteiger partial charge in [-0.2, -0.15) is 0 Å². The summed E-state index contributed by atoms with van der Waals surface area (Å²) in [6.07, 6.45) is -0.371. The van der Waals surface area contributed by atoms with Crippen LogP contribution in [0.5, 0.6) is 17.2 Å². The van der Waals surface area contributed by atoms with Crippen LogP contribution in [0.1, 0.15) is 41.6 Å². The standard InChI is InChI=1S/C27H35BrN4O7/c1-27(2,3)39-26(35)32-13-11-31(12-14-32)16-19(23(33)18-8-10-21(37-5)24(28)29-18)30-25(34)17-7-9-20(36-4)22(15-17)38-6/h7-10,15,19H,11-14,16H2,1-6H3,(H,30,34). The van der Waals surface area contributed by atoms with E-state index in [1.807, 2.05) is 25.7 Å². The van der Waals surface area contributed by atoms with E-state index in [9.17, 15) is 14.4 Å². The maximum Gasteiger partial charge on any atom is 0.410 e. The highest BCUT2D eigenvalue weighted by atomic mass is 79.9. The van der Waals surface area contributed by atoms with Crippen molar-refractivity contribution in [1.82, 2.24) is 20.1 Å². The molecule has 0 spiro atoms. The Kier molecular flexibility index (Phi) is 10.1. The maximum atomic E-state index is 13.6. The molecule has 0 aliphatic carbocycles. The van der Waals surface area contributed by atoms with Crippen molar-refractivity contribution < 1.29 is 33.3 Å². The first-order chi connectivity index (χ1) is 18.4. The number of piperazine rings is 1. The van der Waals surface area contributed by atoms with Crippen molar-refractivity contribution in [3.63, 3.8) is 0 Å². The minimum Gasteiger partial charge on any atom is -0.494 e. The molecule has 12 heteroatoms. The molecule has 0 radical (unpaired) electrons. The number of benzene rings is 1. The number of hydrogen-bond donors (Lipinski definition) is 1. The van der Waals surface area contributed by atoms with Crippen LogP contribution in [0.2, 0.25) is 0 Å². The Morgan fingerprint density at radius 2 is 1.56 bits per heavy atom.